The molecule has 0 saturated carbocycles. The molecule has 1 heterocycles. The van der Waals surface area contributed by atoms with Gasteiger partial charge in [0, 0.05) is 25.6 Å². The molecule has 0 atom stereocenters. The summed E-state index contributed by atoms with van der Waals surface area (Å²) >= 11 is 0. The fourth-order valence-corrected chi connectivity index (χ4v) is 2.12. The Morgan fingerprint density at radius 2 is 2.19 bits per heavy atom. The largest absolute Gasteiger partial charge is 0.494 e. The summed E-state index contributed by atoms with van der Waals surface area (Å²) in [5.74, 6) is 0.739. The molecule has 1 aromatic carbocycles. The Hall–Kier alpha value is -2.08. The maximum Gasteiger partial charge on any atom is 0.245 e. The Morgan fingerprint density at radius 1 is 1.38 bits per heavy atom. The molecule has 2 rings (SSSR count). The molecule has 0 aromatic heterocycles. The van der Waals surface area contributed by atoms with E-state index < -0.39 is 0 Å². The van der Waals surface area contributed by atoms with Crippen LogP contribution >= 0.6 is 0 Å². The van der Waals surface area contributed by atoms with Crippen LogP contribution in [0.4, 0.5) is 5.69 Å². The second-order valence-corrected chi connectivity index (χ2v) is 4.89. The van der Waals surface area contributed by atoms with Crippen LogP contribution in [0.15, 0.2) is 18.2 Å². The number of fused-ring (bicyclic) bond motifs is 1. The van der Waals surface area contributed by atoms with Gasteiger partial charge >= 0.3 is 0 Å². The molecule has 2 amide bonds. The number of amides is 2. The Bertz CT molecular complexity index is 530. The molecular formula is C15H20N2O4. The third-order valence-electron chi connectivity index (χ3n) is 3.40. The lowest BCUT2D eigenvalue weighted by Crippen LogP contribution is -2.25. The summed E-state index contributed by atoms with van der Waals surface area (Å²) in [5, 5.41) is 4.04. The van der Waals surface area contributed by atoms with Crippen LogP contribution in [0.2, 0.25) is 0 Å². The van der Waals surface area contributed by atoms with Crippen molar-refractivity contribution in [1.82, 2.24) is 5.06 Å². The van der Waals surface area contributed by atoms with E-state index in [-0.39, 0.29) is 11.8 Å². The first-order valence-corrected chi connectivity index (χ1v) is 6.96. The molecule has 0 radical (unpaired) electrons. The number of carbonyl (C=O) groups excluding carboxylic acids is 2. The van der Waals surface area contributed by atoms with Gasteiger partial charge in [0.25, 0.3) is 0 Å². The molecule has 114 valence electrons. The second kappa shape index (κ2) is 7.08. The third kappa shape index (κ3) is 4.19. The predicted octanol–water partition coefficient (Wildman–Crippen LogP) is 1.75. The fourth-order valence-electron chi connectivity index (χ4n) is 2.12. The van der Waals surface area contributed by atoms with Gasteiger partial charge < -0.3 is 10.1 Å². The number of hydrogen-bond donors (Lipinski definition) is 1. The number of hydroxylamine groups is 2. The van der Waals surface area contributed by atoms with Gasteiger partial charge in [-0.3, -0.25) is 14.4 Å². The minimum absolute atomic E-state index is 0.0527. The van der Waals surface area contributed by atoms with Crippen molar-refractivity contribution in [3.8, 4) is 5.75 Å². The molecule has 6 heteroatoms. The zero-order valence-electron chi connectivity index (χ0n) is 12.3. The van der Waals surface area contributed by atoms with E-state index in [0.717, 1.165) is 23.4 Å². The van der Waals surface area contributed by atoms with E-state index in [2.05, 4.69) is 5.32 Å². The highest BCUT2D eigenvalue weighted by Gasteiger charge is 2.15. The Balaban J connectivity index is 1.79. The van der Waals surface area contributed by atoms with E-state index in [1.54, 1.807) is 7.05 Å². The van der Waals surface area contributed by atoms with Gasteiger partial charge in [-0.15, -0.1) is 0 Å². The van der Waals surface area contributed by atoms with Crippen LogP contribution < -0.4 is 10.1 Å². The van der Waals surface area contributed by atoms with Gasteiger partial charge in [-0.2, -0.15) is 0 Å². The molecule has 0 fully saturated rings. The van der Waals surface area contributed by atoms with E-state index in [1.807, 2.05) is 18.2 Å². The summed E-state index contributed by atoms with van der Waals surface area (Å²) < 4.78 is 5.64. The fraction of sp³-hybridized carbons (Fsp3) is 0.467. The van der Waals surface area contributed by atoms with Gasteiger partial charge in [0.15, 0.2) is 0 Å². The highest BCUT2D eigenvalue weighted by molar-refractivity contribution is 5.93. The molecule has 21 heavy (non-hydrogen) atoms. The van der Waals surface area contributed by atoms with Crippen molar-refractivity contribution in [2.75, 3.05) is 26.1 Å². The minimum atomic E-state index is -0.0748. The van der Waals surface area contributed by atoms with Gasteiger partial charge in [-0.1, -0.05) is 0 Å². The molecule has 0 unspecified atom stereocenters. The quantitative estimate of drug-likeness (QED) is 0.640. The summed E-state index contributed by atoms with van der Waals surface area (Å²) in [6.07, 6.45) is 2.25. The zero-order chi connectivity index (χ0) is 15.2. The van der Waals surface area contributed by atoms with Crippen LogP contribution in [0.5, 0.6) is 5.75 Å². The van der Waals surface area contributed by atoms with Gasteiger partial charge in [0.1, 0.15) is 5.75 Å². The van der Waals surface area contributed by atoms with Crippen molar-refractivity contribution in [3.63, 3.8) is 0 Å². The van der Waals surface area contributed by atoms with Crippen LogP contribution in [0.3, 0.4) is 0 Å². The number of aryl methyl sites for hydroxylation is 1. The van der Waals surface area contributed by atoms with Crippen LogP contribution in [0.25, 0.3) is 0 Å². The van der Waals surface area contributed by atoms with Crippen LogP contribution in [0.1, 0.15) is 24.8 Å². The monoisotopic (exact) mass is 292 g/mol. The van der Waals surface area contributed by atoms with Gasteiger partial charge in [-0.05, 0) is 36.6 Å². The summed E-state index contributed by atoms with van der Waals surface area (Å²) in [4.78, 5) is 27.6. The van der Waals surface area contributed by atoms with Crippen molar-refractivity contribution >= 4 is 17.5 Å². The Labute approximate surface area is 124 Å². The van der Waals surface area contributed by atoms with Crippen molar-refractivity contribution < 1.29 is 19.2 Å². The van der Waals surface area contributed by atoms with E-state index in [1.165, 1.54) is 12.2 Å². The van der Waals surface area contributed by atoms with Crippen LogP contribution in [0, 0.1) is 0 Å². The summed E-state index contributed by atoms with van der Waals surface area (Å²) in [7, 11) is 3.04. The lowest BCUT2D eigenvalue weighted by molar-refractivity contribution is -0.168. The van der Waals surface area contributed by atoms with Crippen molar-refractivity contribution in [2.24, 2.45) is 0 Å². The van der Waals surface area contributed by atoms with Crippen LogP contribution in [-0.2, 0) is 20.8 Å². The van der Waals surface area contributed by atoms with E-state index in [4.69, 9.17) is 9.57 Å². The molecule has 1 aromatic rings. The maximum absolute atomic E-state index is 11.5. The highest BCUT2D eigenvalue weighted by Crippen LogP contribution is 2.26. The standard InChI is InChI=1S/C15H20N2O4/c1-17(20-2)15(19)4-3-9-21-12-6-7-13-11(10-12)5-8-14(18)16-13/h6-7,10H,3-5,8-9H2,1-2H3,(H,16,18). The number of nitrogens with zero attached hydrogens (tertiary/aromatic N) is 1. The van der Waals surface area contributed by atoms with Gasteiger partial charge in [-0.25, -0.2) is 5.06 Å². The molecule has 0 saturated heterocycles. The average molecular weight is 292 g/mol. The Kier molecular flexibility index (Phi) is 5.16. The number of benzene rings is 1. The lowest BCUT2D eigenvalue weighted by Gasteiger charge is -2.18. The first kappa shape index (κ1) is 15.3. The van der Waals surface area contributed by atoms with Gasteiger partial charge in [0.2, 0.25) is 11.8 Å². The molecule has 6 nitrogen and oxygen atoms in total. The number of anilines is 1. The van der Waals surface area contributed by atoms with E-state index in [9.17, 15) is 9.59 Å². The molecule has 1 aliphatic heterocycles. The zero-order valence-corrected chi connectivity index (χ0v) is 12.3. The Morgan fingerprint density at radius 3 is 2.95 bits per heavy atom. The first-order valence-electron chi connectivity index (χ1n) is 6.96. The smallest absolute Gasteiger partial charge is 0.245 e. The lowest BCUT2D eigenvalue weighted by atomic mass is 10.0. The SMILES string of the molecule is CON(C)C(=O)CCCOc1ccc2c(c1)CCC(=O)N2. The highest BCUT2D eigenvalue weighted by atomic mass is 16.7. The average Bonchev–Trinajstić information content (AvgIpc) is 2.50. The maximum atomic E-state index is 11.5. The van der Waals surface area contributed by atoms with E-state index >= 15 is 0 Å². The van der Waals surface area contributed by atoms with Crippen LogP contribution in [-0.4, -0.2) is 37.6 Å². The number of ether oxygens (including phenoxy) is 1. The first-order chi connectivity index (χ1) is 10.1. The number of hydrogen-bond acceptors (Lipinski definition) is 4. The molecule has 1 aliphatic rings. The molecule has 1 N–H and O–H groups in total. The van der Waals surface area contributed by atoms with Gasteiger partial charge in [0.05, 0.1) is 13.7 Å². The summed E-state index contributed by atoms with van der Waals surface area (Å²) in [6.45, 7) is 0.467. The molecular weight excluding hydrogens is 272 g/mol. The normalized spacial score (nSPS) is 13.3. The van der Waals surface area contributed by atoms with Crippen molar-refractivity contribution in [1.29, 1.82) is 0 Å². The predicted molar refractivity (Wildman–Crippen MR) is 77.9 cm³/mol. The third-order valence-corrected chi connectivity index (χ3v) is 3.40. The number of nitrogens with one attached hydrogen (secondary N) is 1. The summed E-state index contributed by atoms with van der Waals surface area (Å²) in [6, 6.07) is 5.62. The summed E-state index contributed by atoms with van der Waals surface area (Å²) in [5.41, 5.74) is 1.94. The number of rotatable bonds is 6. The number of carbonyl (C=O) groups is 2. The van der Waals surface area contributed by atoms with E-state index in [0.29, 0.717) is 25.9 Å². The molecule has 0 bridgehead atoms. The minimum Gasteiger partial charge on any atom is -0.494 e. The van der Waals surface area contributed by atoms with Crippen molar-refractivity contribution in [3.05, 3.63) is 23.8 Å². The molecule has 0 spiro atoms. The molecule has 0 aliphatic carbocycles. The van der Waals surface area contributed by atoms with Crippen molar-refractivity contribution in [2.45, 2.75) is 25.7 Å². The topological polar surface area (TPSA) is 67.9 Å². The second-order valence-electron chi connectivity index (χ2n) is 4.89.